The summed E-state index contributed by atoms with van der Waals surface area (Å²) >= 11 is 0. The van der Waals surface area contributed by atoms with Crippen LogP contribution in [0.1, 0.15) is 79.1 Å². The molecule has 0 aliphatic heterocycles. The number of rotatable bonds is 12. The van der Waals surface area contributed by atoms with E-state index < -0.39 is 26.7 Å². The molecule has 1 nitrogen and oxygen atoms in total. The largest absolute Gasteiger partial charge is 0.379 e. The van der Waals surface area contributed by atoms with E-state index in [9.17, 15) is 52.7 Å². The first kappa shape index (κ1) is 46.9. The summed E-state index contributed by atoms with van der Waals surface area (Å²) in [5.41, 5.74) is 0. The van der Waals surface area contributed by atoms with E-state index in [0.29, 0.717) is 0 Å². The van der Waals surface area contributed by atoms with Gasteiger partial charge in [-0.1, -0.05) is 53.4 Å². The van der Waals surface area contributed by atoms with Gasteiger partial charge in [0.05, 0.1) is 26.2 Å². The Kier molecular flexibility index (Phi) is 51.3. The van der Waals surface area contributed by atoms with Gasteiger partial charge in [-0.3, -0.25) is 0 Å². The first-order valence-corrected chi connectivity index (χ1v) is 10.7. The van der Waals surface area contributed by atoms with Gasteiger partial charge in [-0.15, -0.1) is 0 Å². The van der Waals surface area contributed by atoms with Crippen LogP contribution in [0.4, 0.5) is 52.7 Å². The SMILES string of the molecule is CCCC[N+](CCCC)(CCCC)CCCC.FC(F)F.FC(F)F.FC(F)F.FC(F)F.[Cu]. The van der Waals surface area contributed by atoms with Gasteiger partial charge < -0.3 is 4.48 Å². The zero-order chi connectivity index (χ0) is 27.3. The quantitative estimate of drug-likeness (QED) is 0.121. The number of halogens is 12. The summed E-state index contributed by atoms with van der Waals surface area (Å²) in [6.07, 6.45) is 11.1. The van der Waals surface area contributed by atoms with E-state index in [1.807, 2.05) is 0 Å². The summed E-state index contributed by atoms with van der Waals surface area (Å²) in [7, 11) is 0. The molecular formula is C20H40CuF12N+. The summed E-state index contributed by atoms with van der Waals surface area (Å²) in [6.45, 7) is 0.352. The molecule has 0 rings (SSSR count). The number of unbranched alkanes of at least 4 members (excludes halogenated alkanes) is 4. The Labute approximate surface area is 206 Å². The molecule has 34 heavy (non-hydrogen) atoms. The molecule has 0 aromatic carbocycles. The van der Waals surface area contributed by atoms with Gasteiger partial charge in [0.15, 0.2) is 0 Å². The van der Waals surface area contributed by atoms with Crippen LogP contribution in [-0.4, -0.2) is 57.4 Å². The molecule has 0 N–H and O–H groups in total. The van der Waals surface area contributed by atoms with Crippen LogP contribution in [0.15, 0.2) is 0 Å². The van der Waals surface area contributed by atoms with E-state index in [2.05, 4.69) is 27.7 Å². The monoisotopic (exact) mass is 585 g/mol. The minimum atomic E-state index is -3.67. The molecule has 0 aliphatic carbocycles. The third-order valence-corrected chi connectivity index (χ3v) is 3.94. The van der Waals surface area contributed by atoms with Crippen molar-refractivity contribution in [1.29, 1.82) is 0 Å². The van der Waals surface area contributed by atoms with E-state index in [0.717, 1.165) is 0 Å². The fourth-order valence-corrected chi connectivity index (χ4v) is 2.64. The summed E-state index contributed by atoms with van der Waals surface area (Å²) < 4.78 is 117. The van der Waals surface area contributed by atoms with Crippen molar-refractivity contribution in [3.05, 3.63) is 0 Å². The number of hydrogen-bond donors (Lipinski definition) is 0. The molecule has 0 unspecified atom stereocenters. The molecule has 0 aromatic rings. The Morgan fingerprint density at radius 1 is 0.382 bits per heavy atom. The second-order valence-corrected chi connectivity index (χ2v) is 6.64. The van der Waals surface area contributed by atoms with Crippen molar-refractivity contribution < 1.29 is 74.2 Å². The fourth-order valence-electron chi connectivity index (χ4n) is 2.64. The predicted molar refractivity (Wildman–Crippen MR) is 108 cm³/mol. The Hall–Kier alpha value is -0.361. The fraction of sp³-hybridized carbons (Fsp3) is 1.00. The molecule has 14 heteroatoms. The van der Waals surface area contributed by atoms with Crippen LogP contribution in [0.2, 0.25) is 0 Å². The molecule has 0 aromatic heterocycles. The maximum atomic E-state index is 9.67. The van der Waals surface area contributed by atoms with Crippen LogP contribution >= 0.6 is 0 Å². The molecule has 0 spiro atoms. The van der Waals surface area contributed by atoms with Gasteiger partial charge in [-0.2, -0.15) is 52.7 Å². The maximum absolute atomic E-state index is 9.67. The Morgan fingerprint density at radius 2 is 0.500 bits per heavy atom. The van der Waals surface area contributed by atoms with Crippen molar-refractivity contribution >= 4 is 0 Å². The Bertz CT molecular complexity index is 255. The van der Waals surface area contributed by atoms with Crippen LogP contribution in [0, 0.1) is 0 Å². The first-order chi connectivity index (χ1) is 15.2. The van der Waals surface area contributed by atoms with Crippen LogP contribution in [0.3, 0.4) is 0 Å². The maximum Gasteiger partial charge on any atom is 0.379 e. The summed E-state index contributed by atoms with van der Waals surface area (Å²) in [6, 6.07) is 0. The van der Waals surface area contributed by atoms with Gasteiger partial charge in [-0.05, 0) is 25.7 Å². The molecule has 0 atom stereocenters. The van der Waals surface area contributed by atoms with E-state index in [1.165, 1.54) is 82.0 Å². The van der Waals surface area contributed by atoms with Crippen LogP contribution in [0.25, 0.3) is 0 Å². The molecule has 1 radical (unpaired) electrons. The molecule has 0 saturated heterocycles. The smallest absolute Gasteiger partial charge is 0.324 e. The van der Waals surface area contributed by atoms with E-state index in [-0.39, 0.29) is 17.1 Å². The second kappa shape index (κ2) is 37.2. The molecule has 0 aliphatic rings. The van der Waals surface area contributed by atoms with Crippen molar-refractivity contribution in [1.82, 2.24) is 0 Å². The van der Waals surface area contributed by atoms with Gasteiger partial charge in [0.25, 0.3) is 0 Å². The summed E-state index contributed by atoms with van der Waals surface area (Å²) in [4.78, 5) is 0. The molecule has 219 valence electrons. The van der Waals surface area contributed by atoms with Crippen molar-refractivity contribution in [2.75, 3.05) is 26.2 Å². The molecule has 0 fully saturated rings. The third-order valence-electron chi connectivity index (χ3n) is 3.94. The van der Waals surface area contributed by atoms with E-state index in [1.54, 1.807) is 0 Å². The molecule has 0 amide bonds. The van der Waals surface area contributed by atoms with E-state index >= 15 is 0 Å². The normalized spacial score (nSPS) is 10.2. The predicted octanol–water partition coefficient (Wildman–Crippen LogP) is 9.72. The average molecular weight is 586 g/mol. The first-order valence-electron chi connectivity index (χ1n) is 10.7. The Balaban J connectivity index is -0.0000000939. The summed E-state index contributed by atoms with van der Waals surface area (Å²) in [5, 5.41) is 0. The van der Waals surface area contributed by atoms with Crippen molar-refractivity contribution in [3.8, 4) is 0 Å². The Morgan fingerprint density at radius 3 is 0.588 bits per heavy atom. The van der Waals surface area contributed by atoms with Crippen molar-refractivity contribution in [2.24, 2.45) is 0 Å². The van der Waals surface area contributed by atoms with Crippen LogP contribution in [-0.2, 0) is 17.1 Å². The standard InChI is InChI=1S/C16H36N.4CHF3.Cu/c1-5-9-13-17(14-10-6-2,15-11-7-3)16-12-8-4;4*2-1(3)4;/h5-16H2,1-4H3;4*1H;/q+1;;;;;. The van der Waals surface area contributed by atoms with Crippen molar-refractivity contribution in [3.63, 3.8) is 0 Å². The zero-order valence-electron chi connectivity index (χ0n) is 20.1. The van der Waals surface area contributed by atoms with E-state index in [4.69, 9.17) is 0 Å². The number of hydrogen-bond acceptors (Lipinski definition) is 0. The van der Waals surface area contributed by atoms with Gasteiger partial charge in [0.1, 0.15) is 0 Å². The van der Waals surface area contributed by atoms with Crippen LogP contribution in [0.5, 0.6) is 0 Å². The van der Waals surface area contributed by atoms with Gasteiger partial charge in [0, 0.05) is 17.1 Å². The molecular weight excluding hydrogens is 546 g/mol. The zero-order valence-corrected chi connectivity index (χ0v) is 21.0. The number of alkyl halides is 12. The van der Waals surface area contributed by atoms with Crippen molar-refractivity contribution in [2.45, 2.75) is 106 Å². The minimum absolute atomic E-state index is 0. The summed E-state index contributed by atoms with van der Waals surface area (Å²) in [5.74, 6) is 0. The van der Waals surface area contributed by atoms with Gasteiger partial charge in [-0.25, -0.2) is 0 Å². The molecule has 0 bridgehead atoms. The van der Waals surface area contributed by atoms with Crippen LogP contribution < -0.4 is 0 Å². The minimum Gasteiger partial charge on any atom is -0.324 e. The average Bonchev–Trinajstić information content (AvgIpc) is 2.65. The number of quaternary nitrogens is 1. The van der Waals surface area contributed by atoms with Gasteiger partial charge >= 0.3 is 26.7 Å². The topological polar surface area (TPSA) is 0 Å². The second-order valence-electron chi connectivity index (χ2n) is 6.64. The third kappa shape index (κ3) is 77.0. The van der Waals surface area contributed by atoms with Gasteiger partial charge in [0.2, 0.25) is 0 Å². The molecule has 0 saturated carbocycles. The molecule has 0 heterocycles. The number of nitrogens with zero attached hydrogens (tertiary/aromatic N) is 1.